The summed E-state index contributed by atoms with van der Waals surface area (Å²) >= 11 is 0. The number of benzene rings is 3. The summed E-state index contributed by atoms with van der Waals surface area (Å²) in [7, 11) is 0. The highest BCUT2D eigenvalue weighted by Gasteiger charge is 2.23. The van der Waals surface area contributed by atoms with Crippen LogP contribution in [0.4, 0.5) is 0 Å². The van der Waals surface area contributed by atoms with E-state index in [0.29, 0.717) is 5.92 Å². The van der Waals surface area contributed by atoms with E-state index in [1.54, 1.807) is 0 Å². The Morgan fingerprint density at radius 1 is 0.898 bits per heavy atom. The molecule has 266 valence electrons. The van der Waals surface area contributed by atoms with E-state index in [2.05, 4.69) is 154 Å². The monoisotopic (exact) mass is 660 g/mol. The Morgan fingerprint density at radius 2 is 1.57 bits per heavy atom. The number of hydrogen-bond donors (Lipinski definition) is 1. The van der Waals surface area contributed by atoms with Gasteiger partial charge in [0.05, 0.1) is 0 Å². The molecule has 0 aromatic heterocycles. The van der Waals surface area contributed by atoms with Gasteiger partial charge in [-0.25, -0.2) is 0 Å². The minimum absolute atomic E-state index is 0.634. The molecule has 1 aliphatic rings. The van der Waals surface area contributed by atoms with E-state index in [4.69, 9.17) is 0 Å². The fourth-order valence-electron chi connectivity index (χ4n) is 7.55. The van der Waals surface area contributed by atoms with Crippen LogP contribution in [-0.4, -0.2) is 0 Å². The van der Waals surface area contributed by atoms with Crippen LogP contribution in [0.25, 0.3) is 17.2 Å². The first-order chi connectivity index (χ1) is 23.4. The summed E-state index contributed by atoms with van der Waals surface area (Å²) in [4.78, 5) is 0. The van der Waals surface area contributed by atoms with Gasteiger partial charge in [0.1, 0.15) is 0 Å². The average Bonchev–Trinajstić information content (AvgIpc) is 3.22. The molecule has 0 heterocycles. The molecule has 1 fully saturated rings. The van der Waals surface area contributed by atoms with Crippen LogP contribution in [0.5, 0.6) is 0 Å². The second-order valence-corrected chi connectivity index (χ2v) is 15.6. The molecule has 4 rings (SSSR count). The van der Waals surface area contributed by atoms with Crippen LogP contribution >= 0.6 is 0 Å². The maximum atomic E-state index is 4.48. The lowest BCUT2D eigenvalue weighted by atomic mass is 9.84. The topological polar surface area (TPSA) is 12.0 Å². The van der Waals surface area contributed by atoms with Gasteiger partial charge >= 0.3 is 0 Å². The number of unbranched alkanes of at least 4 members (excludes halogenated alkanes) is 2. The fourth-order valence-corrected chi connectivity index (χ4v) is 7.55. The van der Waals surface area contributed by atoms with Gasteiger partial charge in [-0.15, -0.1) is 0 Å². The minimum atomic E-state index is 0.634. The molecule has 49 heavy (non-hydrogen) atoms. The van der Waals surface area contributed by atoms with Crippen LogP contribution in [-0.2, 0) is 13.0 Å². The van der Waals surface area contributed by atoms with Gasteiger partial charge in [-0.1, -0.05) is 153 Å². The molecular weight excluding hydrogens is 591 g/mol. The lowest BCUT2D eigenvalue weighted by Gasteiger charge is -2.21. The van der Waals surface area contributed by atoms with Crippen molar-refractivity contribution >= 4 is 17.2 Å². The molecule has 0 radical (unpaired) electrons. The molecule has 3 aromatic rings. The molecule has 1 aliphatic carbocycles. The van der Waals surface area contributed by atoms with Crippen molar-refractivity contribution in [2.24, 2.45) is 23.7 Å². The third-order valence-corrected chi connectivity index (χ3v) is 10.4. The molecule has 0 aliphatic heterocycles. The molecular formula is C48H69N. The molecule has 0 saturated heterocycles. The van der Waals surface area contributed by atoms with Crippen molar-refractivity contribution in [2.45, 2.75) is 134 Å². The van der Waals surface area contributed by atoms with Crippen molar-refractivity contribution in [1.29, 1.82) is 0 Å². The fraction of sp³-hybridized carbons (Fsp3) is 0.500. The summed E-state index contributed by atoms with van der Waals surface area (Å²) in [6.07, 6.45) is 16.4. The van der Waals surface area contributed by atoms with Gasteiger partial charge in [0.2, 0.25) is 0 Å². The maximum absolute atomic E-state index is 4.48. The molecule has 1 saturated carbocycles. The molecule has 2 unspecified atom stereocenters. The Kier molecular flexibility index (Phi) is 16.7. The number of hydrogen-bond acceptors (Lipinski definition) is 1. The quantitative estimate of drug-likeness (QED) is 0.109. The van der Waals surface area contributed by atoms with E-state index in [0.717, 1.165) is 42.8 Å². The van der Waals surface area contributed by atoms with Gasteiger partial charge in [0.15, 0.2) is 0 Å². The summed E-state index contributed by atoms with van der Waals surface area (Å²) in [5.74, 6) is 3.01. The van der Waals surface area contributed by atoms with E-state index in [9.17, 15) is 0 Å². The van der Waals surface area contributed by atoms with Gasteiger partial charge in [0, 0.05) is 17.8 Å². The molecule has 1 heteroatoms. The highest BCUT2D eigenvalue weighted by Crippen LogP contribution is 2.38. The van der Waals surface area contributed by atoms with Crippen molar-refractivity contribution < 1.29 is 0 Å². The van der Waals surface area contributed by atoms with Gasteiger partial charge in [0.25, 0.3) is 0 Å². The lowest BCUT2D eigenvalue weighted by molar-refractivity contribution is 0.382. The standard InChI is InChI=1S/C43H57N.C5H12/c1-10-42(43-16-12-14-38(34(43)8)21-29(2)3)35(9)44-28-36-20-19-33(7)40(25-36)27-41(39-15-11-13-30(4)24-39)26-37-22-31(5)17-18-32(6)23-37;1-3-5-4-2/h10-16,19-20,24-25,27,29,31-32,37,44H,9,17-18,21-23,26,28H2,1-8H3;3-5H2,1-2H3/b41-27+,42-10-;. The highest BCUT2D eigenvalue weighted by molar-refractivity contribution is 5.83. The van der Waals surface area contributed by atoms with Crippen LogP contribution in [0.3, 0.4) is 0 Å². The Labute approximate surface area is 302 Å². The zero-order valence-corrected chi connectivity index (χ0v) is 33.0. The normalized spacial score (nSPS) is 18.5. The van der Waals surface area contributed by atoms with E-state index < -0.39 is 0 Å². The molecule has 3 aromatic carbocycles. The molecule has 2 atom stereocenters. The Hall–Kier alpha value is -3.32. The molecule has 1 nitrogen and oxygen atoms in total. The number of aryl methyl sites for hydroxylation is 2. The highest BCUT2D eigenvalue weighted by atomic mass is 14.9. The Morgan fingerprint density at radius 3 is 2.16 bits per heavy atom. The van der Waals surface area contributed by atoms with Crippen molar-refractivity contribution in [2.75, 3.05) is 0 Å². The SMILES string of the molecule is C=C(NCc1ccc(C)c(/C=C(\CC2CC(C)CCC(C)C2)c2cccc(C)c2)c1)/C(=C/C)c1cccc(CC(C)C)c1C.CCCCC. The van der Waals surface area contributed by atoms with Crippen LogP contribution in [0, 0.1) is 44.4 Å². The first-order valence-corrected chi connectivity index (χ1v) is 19.5. The summed E-state index contributed by atoms with van der Waals surface area (Å²) < 4.78 is 0. The Balaban J connectivity index is 0.00000121. The van der Waals surface area contributed by atoms with Crippen LogP contribution < -0.4 is 5.32 Å². The largest absolute Gasteiger partial charge is 0.381 e. The predicted octanol–water partition coefficient (Wildman–Crippen LogP) is 14.1. The maximum Gasteiger partial charge on any atom is 0.0401 e. The van der Waals surface area contributed by atoms with Crippen LogP contribution in [0.15, 0.2) is 79.0 Å². The summed E-state index contributed by atoms with van der Waals surface area (Å²) in [5, 5.41) is 3.67. The molecule has 1 N–H and O–H groups in total. The van der Waals surface area contributed by atoms with Crippen molar-refractivity contribution in [1.82, 2.24) is 5.32 Å². The smallest absolute Gasteiger partial charge is 0.0401 e. The third-order valence-electron chi connectivity index (χ3n) is 10.4. The zero-order chi connectivity index (χ0) is 35.9. The van der Waals surface area contributed by atoms with Gasteiger partial charge in [-0.2, -0.15) is 0 Å². The molecule has 0 bridgehead atoms. The lowest BCUT2D eigenvalue weighted by Crippen LogP contribution is -2.14. The zero-order valence-electron chi connectivity index (χ0n) is 33.0. The second kappa shape index (κ2) is 20.4. The van der Waals surface area contributed by atoms with E-state index in [1.807, 2.05) is 0 Å². The first kappa shape index (κ1) is 40.1. The molecule has 0 amide bonds. The Bertz CT molecular complexity index is 1520. The van der Waals surface area contributed by atoms with Crippen LogP contribution in [0.2, 0.25) is 0 Å². The van der Waals surface area contributed by atoms with Crippen molar-refractivity contribution in [3.63, 3.8) is 0 Å². The van der Waals surface area contributed by atoms with Gasteiger partial charge in [-0.3, -0.25) is 0 Å². The first-order valence-electron chi connectivity index (χ1n) is 19.5. The predicted molar refractivity (Wildman–Crippen MR) is 220 cm³/mol. The number of nitrogens with one attached hydrogen (secondary N) is 1. The van der Waals surface area contributed by atoms with Crippen LogP contribution in [0.1, 0.15) is 144 Å². The minimum Gasteiger partial charge on any atom is -0.381 e. The van der Waals surface area contributed by atoms with Crippen molar-refractivity contribution in [3.8, 4) is 0 Å². The second-order valence-electron chi connectivity index (χ2n) is 15.6. The van der Waals surface area contributed by atoms with Crippen molar-refractivity contribution in [3.05, 3.63) is 124 Å². The van der Waals surface area contributed by atoms with E-state index >= 15 is 0 Å². The summed E-state index contributed by atoms with van der Waals surface area (Å²) in [5.41, 5.74) is 14.3. The van der Waals surface area contributed by atoms with Gasteiger partial charge in [-0.05, 0) is 128 Å². The summed E-state index contributed by atoms with van der Waals surface area (Å²) in [6.45, 7) is 28.0. The number of allylic oxidation sites excluding steroid dienone is 3. The third kappa shape index (κ3) is 12.8. The average molecular weight is 660 g/mol. The molecule has 0 spiro atoms. The number of rotatable bonds is 13. The summed E-state index contributed by atoms with van der Waals surface area (Å²) in [6, 6.07) is 22.7. The van der Waals surface area contributed by atoms with E-state index in [-0.39, 0.29) is 0 Å². The van der Waals surface area contributed by atoms with E-state index in [1.165, 1.54) is 101 Å². The van der Waals surface area contributed by atoms with Gasteiger partial charge < -0.3 is 5.32 Å².